The number of aliphatic hydroxyl groups excluding tert-OH is 1. The average molecular weight is 291 g/mol. The number of carbonyl (C=O) groups is 1. The summed E-state index contributed by atoms with van der Waals surface area (Å²) in [6, 6.07) is 7.23. The molecule has 4 nitrogen and oxygen atoms in total. The van der Waals surface area contributed by atoms with Crippen LogP contribution in [0.1, 0.15) is 51.0 Å². The molecule has 1 aromatic rings. The van der Waals surface area contributed by atoms with E-state index >= 15 is 0 Å². The Morgan fingerprint density at radius 3 is 2.71 bits per heavy atom. The van der Waals surface area contributed by atoms with Crippen molar-refractivity contribution in [1.29, 1.82) is 0 Å². The summed E-state index contributed by atoms with van der Waals surface area (Å²) in [5.41, 5.74) is 1.48. The van der Waals surface area contributed by atoms with Gasteiger partial charge < -0.3 is 15.2 Å². The first-order valence-corrected chi connectivity index (χ1v) is 7.85. The number of carbonyl (C=O) groups excluding carboxylic acids is 1. The van der Waals surface area contributed by atoms with E-state index in [0.29, 0.717) is 5.69 Å². The molecule has 0 spiro atoms. The minimum absolute atomic E-state index is 0.0299. The van der Waals surface area contributed by atoms with Crippen LogP contribution in [0.15, 0.2) is 24.3 Å². The summed E-state index contributed by atoms with van der Waals surface area (Å²) in [5.74, 6) is -0.130. The van der Waals surface area contributed by atoms with E-state index in [1.165, 1.54) is 25.7 Å². The zero-order chi connectivity index (χ0) is 15.1. The van der Waals surface area contributed by atoms with Crippen molar-refractivity contribution in [3.05, 3.63) is 29.8 Å². The molecule has 2 N–H and O–H groups in total. The summed E-state index contributed by atoms with van der Waals surface area (Å²) in [4.78, 5) is 12.2. The lowest BCUT2D eigenvalue weighted by Gasteiger charge is -2.20. The lowest BCUT2D eigenvalue weighted by molar-refractivity contribution is -0.130. The number of ether oxygens (including phenoxy) is 1. The van der Waals surface area contributed by atoms with E-state index in [1.54, 1.807) is 13.0 Å². The van der Waals surface area contributed by atoms with Gasteiger partial charge in [0.1, 0.15) is 6.10 Å². The number of amides is 1. The smallest absolute Gasteiger partial charge is 0.253 e. The summed E-state index contributed by atoms with van der Waals surface area (Å²) in [6.45, 7) is 1.77. The van der Waals surface area contributed by atoms with E-state index in [1.807, 2.05) is 18.2 Å². The zero-order valence-electron chi connectivity index (χ0n) is 12.7. The molecule has 1 fully saturated rings. The SMILES string of the molecule is CC(OC1CCCCCC1)C(=O)Nc1cccc(CO)c1. The fourth-order valence-electron chi connectivity index (χ4n) is 2.72. The minimum Gasteiger partial charge on any atom is -0.392 e. The summed E-state index contributed by atoms with van der Waals surface area (Å²) in [7, 11) is 0. The lowest BCUT2D eigenvalue weighted by Crippen LogP contribution is -2.31. The van der Waals surface area contributed by atoms with Crippen LogP contribution in [0.25, 0.3) is 0 Å². The highest BCUT2D eigenvalue weighted by molar-refractivity contribution is 5.93. The Morgan fingerprint density at radius 1 is 1.33 bits per heavy atom. The summed E-state index contributed by atoms with van der Waals surface area (Å²) < 4.78 is 5.90. The summed E-state index contributed by atoms with van der Waals surface area (Å²) in [5, 5.41) is 12.0. The van der Waals surface area contributed by atoms with Crippen molar-refractivity contribution in [3.63, 3.8) is 0 Å². The van der Waals surface area contributed by atoms with Gasteiger partial charge in [-0.05, 0) is 37.5 Å². The number of nitrogens with one attached hydrogen (secondary N) is 1. The fourth-order valence-corrected chi connectivity index (χ4v) is 2.72. The van der Waals surface area contributed by atoms with Gasteiger partial charge >= 0.3 is 0 Å². The molecule has 116 valence electrons. The molecule has 0 radical (unpaired) electrons. The molecule has 4 heteroatoms. The Labute approximate surface area is 126 Å². The molecule has 0 heterocycles. The van der Waals surface area contributed by atoms with Crippen molar-refractivity contribution >= 4 is 11.6 Å². The van der Waals surface area contributed by atoms with Crippen LogP contribution in [0.5, 0.6) is 0 Å². The molecule has 1 amide bonds. The highest BCUT2D eigenvalue weighted by Crippen LogP contribution is 2.21. The van der Waals surface area contributed by atoms with Crippen molar-refractivity contribution in [2.45, 2.75) is 64.3 Å². The Balaban J connectivity index is 1.86. The lowest BCUT2D eigenvalue weighted by atomic mass is 10.1. The third-order valence-corrected chi connectivity index (χ3v) is 3.95. The van der Waals surface area contributed by atoms with E-state index in [4.69, 9.17) is 9.84 Å². The molecule has 1 aliphatic rings. The molecular weight excluding hydrogens is 266 g/mol. The molecule has 1 aromatic carbocycles. The predicted molar refractivity (Wildman–Crippen MR) is 83.0 cm³/mol. The normalized spacial score (nSPS) is 18.0. The minimum atomic E-state index is -0.453. The largest absolute Gasteiger partial charge is 0.392 e. The Kier molecular flexibility index (Phi) is 6.21. The van der Waals surface area contributed by atoms with Crippen molar-refractivity contribution in [2.24, 2.45) is 0 Å². The molecule has 0 saturated heterocycles. The maximum Gasteiger partial charge on any atom is 0.253 e. The Hall–Kier alpha value is -1.39. The van der Waals surface area contributed by atoms with E-state index in [2.05, 4.69) is 5.32 Å². The van der Waals surface area contributed by atoms with E-state index in [-0.39, 0.29) is 18.6 Å². The van der Waals surface area contributed by atoms with Gasteiger partial charge in [0, 0.05) is 5.69 Å². The second-order valence-corrected chi connectivity index (χ2v) is 5.74. The number of rotatable bonds is 5. The monoisotopic (exact) mass is 291 g/mol. The maximum atomic E-state index is 12.2. The van der Waals surface area contributed by atoms with E-state index in [9.17, 15) is 4.79 Å². The van der Waals surface area contributed by atoms with Crippen LogP contribution in [0.3, 0.4) is 0 Å². The molecule has 21 heavy (non-hydrogen) atoms. The molecule has 0 bridgehead atoms. The van der Waals surface area contributed by atoms with Gasteiger partial charge in [0.25, 0.3) is 5.91 Å². The Morgan fingerprint density at radius 2 is 2.05 bits per heavy atom. The van der Waals surface area contributed by atoms with Crippen LogP contribution in [0, 0.1) is 0 Å². The van der Waals surface area contributed by atoms with Crippen molar-refractivity contribution in [1.82, 2.24) is 0 Å². The maximum absolute atomic E-state index is 12.2. The predicted octanol–water partition coefficient (Wildman–Crippen LogP) is 3.25. The number of hydrogen-bond acceptors (Lipinski definition) is 3. The van der Waals surface area contributed by atoms with Gasteiger partial charge in [0.2, 0.25) is 0 Å². The van der Waals surface area contributed by atoms with Gasteiger partial charge in [-0.15, -0.1) is 0 Å². The van der Waals surface area contributed by atoms with Gasteiger partial charge in [-0.1, -0.05) is 37.8 Å². The summed E-state index contributed by atoms with van der Waals surface area (Å²) >= 11 is 0. The van der Waals surface area contributed by atoms with Gasteiger partial charge in [-0.3, -0.25) is 4.79 Å². The highest BCUT2D eigenvalue weighted by Gasteiger charge is 2.20. The number of anilines is 1. The molecule has 1 aliphatic carbocycles. The van der Waals surface area contributed by atoms with Gasteiger partial charge in [-0.25, -0.2) is 0 Å². The van der Waals surface area contributed by atoms with E-state index < -0.39 is 6.10 Å². The first-order valence-electron chi connectivity index (χ1n) is 7.85. The molecular formula is C17H25NO3. The number of benzene rings is 1. The van der Waals surface area contributed by atoms with Crippen LogP contribution in [0.2, 0.25) is 0 Å². The number of hydrogen-bond donors (Lipinski definition) is 2. The second-order valence-electron chi connectivity index (χ2n) is 5.74. The van der Waals surface area contributed by atoms with Crippen molar-refractivity contribution in [2.75, 3.05) is 5.32 Å². The second kappa shape index (κ2) is 8.15. The third kappa shape index (κ3) is 5.14. The van der Waals surface area contributed by atoms with Crippen LogP contribution in [0.4, 0.5) is 5.69 Å². The van der Waals surface area contributed by atoms with Gasteiger partial charge in [0.05, 0.1) is 12.7 Å². The van der Waals surface area contributed by atoms with Crippen LogP contribution in [-0.4, -0.2) is 23.2 Å². The average Bonchev–Trinajstić information content (AvgIpc) is 2.76. The van der Waals surface area contributed by atoms with Crippen molar-refractivity contribution in [3.8, 4) is 0 Å². The summed E-state index contributed by atoms with van der Waals surface area (Å²) in [6.07, 6.45) is 6.79. The van der Waals surface area contributed by atoms with Crippen LogP contribution >= 0.6 is 0 Å². The molecule has 1 unspecified atom stereocenters. The first kappa shape index (κ1) is 16.0. The third-order valence-electron chi connectivity index (χ3n) is 3.95. The van der Waals surface area contributed by atoms with Gasteiger partial charge in [-0.2, -0.15) is 0 Å². The molecule has 2 rings (SSSR count). The molecule has 0 aromatic heterocycles. The van der Waals surface area contributed by atoms with Crippen LogP contribution < -0.4 is 5.32 Å². The standard InChI is InChI=1S/C17H25NO3/c1-13(21-16-9-4-2-3-5-10-16)17(20)18-15-8-6-7-14(11-15)12-19/h6-8,11,13,16,19H,2-5,9-10,12H2,1H3,(H,18,20). The topological polar surface area (TPSA) is 58.6 Å². The highest BCUT2D eigenvalue weighted by atomic mass is 16.5. The molecule has 1 atom stereocenters. The van der Waals surface area contributed by atoms with Crippen LogP contribution in [-0.2, 0) is 16.1 Å². The van der Waals surface area contributed by atoms with E-state index in [0.717, 1.165) is 18.4 Å². The van der Waals surface area contributed by atoms with Gasteiger partial charge in [0.15, 0.2) is 0 Å². The number of aliphatic hydroxyl groups is 1. The fraction of sp³-hybridized carbons (Fsp3) is 0.588. The molecule has 0 aliphatic heterocycles. The first-order chi connectivity index (χ1) is 10.2. The Bertz CT molecular complexity index is 453. The van der Waals surface area contributed by atoms with Crippen molar-refractivity contribution < 1.29 is 14.6 Å². The molecule has 1 saturated carbocycles. The quantitative estimate of drug-likeness (QED) is 0.819. The zero-order valence-corrected chi connectivity index (χ0v) is 12.7.